The third-order valence-corrected chi connectivity index (χ3v) is 4.27. The van der Waals surface area contributed by atoms with Crippen molar-refractivity contribution in [1.82, 2.24) is 19.4 Å². The van der Waals surface area contributed by atoms with Gasteiger partial charge in [-0.2, -0.15) is 0 Å². The van der Waals surface area contributed by atoms with Crippen LogP contribution in [0.5, 0.6) is 0 Å². The minimum atomic E-state index is -0.965. The fourth-order valence-electron chi connectivity index (χ4n) is 2.78. The maximum atomic E-state index is 12.4. The van der Waals surface area contributed by atoms with Crippen molar-refractivity contribution in [3.8, 4) is 0 Å². The molecule has 10 heteroatoms. The van der Waals surface area contributed by atoms with E-state index in [4.69, 9.17) is 10.8 Å². The molecule has 2 atom stereocenters. The van der Waals surface area contributed by atoms with Crippen molar-refractivity contribution in [2.45, 2.75) is 32.5 Å². The first kappa shape index (κ1) is 18.9. The van der Waals surface area contributed by atoms with Crippen molar-refractivity contribution < 1.29 is 14.7 Å². The van der Waals surface area contributed by atoms with Gasteiger partial charge in [0, 0.05) is 37.4 Å². The first-order valence-corrected chi connectivity index (χ1v) is 7.99. The lowest BCUT2D eigenvalue weighted by atomic mass is 10.1. The van der Waals surface area contributed by atoms with E-state index < -0.39 is 23.9 Å². The summed E-state index contributed by atoms with van der Waals surface area (Å²) in [6.45, 7) is 3.64. The SMILES string of the molecule is Cc1cn(CC(=O)N2CCN(C(=O)[C@@H](N)CO)[C@H](C)C2)c(=O)[nH]c1=O. The first-order chi connectivity index (χ1) is 11.7. The van der Waals surface area contributed by atoms with Crippen LogP contribution in [0.3, 0.4) is 0 Å². The molecule has 0 bridgehead atoms. The number of piperazine rings is 1. The number of aryl methyl sites for hydroxylation is 1. The van der Waals surface area contributed by atoms with Crippen LogP contribution in [0, 0.1) is 6.92 Å². The van der Waals surface area contributed by atoms with Gasteiger partial charge in [0.1, 0.15) is 12.6 Å². The molecule has 2 heterocycles. The van der Waals surface area contributed by atoms with Crippen LogP contribution in [0.2, 0.25) is 0 Å². The molecular weight excluding hydrogens is 330 g/mol. The number of aliphatic hydroxyl groups is 1. The zero-order chi connectivity index (χ0) is 18.7. The smallest absolute Gasteiger partial charge is 0.328 e. The Morgan fingerprint density at radius 2 is 2.08 bits per heavy atom. The molecule has 1 aromatic heterocycles. The standard InChI is InChI=1S/C15H23N5O5/c1-9-5-19(15(25)17-13(9)23)7-12(22)18-3-4-20(10(2)6-18)14(24)11(16)8-21/h5,10-11,21H,3-4,6-8,16H2,1-2H3,(H,17,23,25)/t10-,11+/m1/s1. The third-order valence-electron chi connectivity index (χ3n) is 4.27. The molecule has 1 aromatic rings. The fraction of sp³-hybridized carbons (Fsp3) is 0.600. The Balaban J connectivity index is 2.04. The minimum Gasteiger partial charge on any atom is -0.394 e. The number of nitrogens with one attached hydrogen (secondary N) is 1. The largest absolute Gasteiger partial charge is 0.394 e. The second-order valence-corrected chi connectivity index (χ2v) is 6.21. The summed E-state index contributed by atoms with van der Waals surface area (Å²) in [6.07, 6.45) is 1.35. The van der Waals surface area contributed by atoms with Crippen LogP contribution in [-0.2, 0) is 16.1 Å². The lowest BCUT2D eigenvalue weighted by Gasteiger charge is -2.40. The molecule has 25 heavy (non-hydrogen) atoms. The Morgan fingerprint density at radius 1 is 1.40 bits per heavy atom. The van der Waals surface area contributed by atoms with Gasteiger partial charge in [-0.3, -0.25) is 23.9 Å². The maximum Gasteiger partial charge on any atom is 0.328 e. The molecule has 1 saturated heterocycles. The van der Waals surface area contributed by atoms with Crippen molar-refractivity contribution in [3.63, 3.8) is 0 Å². The Morgan fingerprint density at radius 3 is 2.68 bits per heavy atom. The highest BCUT2D eigenvalue weighted by Gasteiger charge is 2.31. The number of hydrogen-bond acceptors (Lipinski definition) is 6. The van der Waals surface area contributed by atoms with Crippen molar-refractivity contribution in [2.24, 2.45) is 5.73 Å². The van der Waals surface area contributed by atoms with Crippen molar-refractivity contribution in [2.75, 3.05) is 26.2 Å². The Kier molecular flexibility index (Phi) is 5.75. The van der Waals surface area contributed by atoms with E-state index in [2.05, 4.69) is 4.98 Å². The second kappa shape index (κ2) is 7.62. The van der Waals surface area contributed by atoms with Gasteiger partial charge in [-0.1, -0.05) is 0 Å². The number of hydrogen-bond donors (Lipinski definition) is 3. The molecule has 1 aliphatic rings. The number of carbonyl (C=O) groups excluding carboxylic acids is 2. The average Bonchev–Trinajstić information content (AvgIpc) is 2.58. The van der Waals surface area contributed by atoms with Gasteiger partial charge in [0.2, 0.25) is 11.8 Å². The van der Waals surface area contributed by atoms with E-state index >= 15 is 0 Å². The van der Waals surface area contributed by atoms with Gasteiger partial charge < -0.3 is 20.6 Å². The summed E-state index contributed by atoms with van der Waals surface area (Å²) in [6, 6.07) is -1.22. The van der Waals surface area contributed by atoms with E-state index in [-0.39, 0.29) is 24.4 Å². The molecule has 0 spiro atoms. The van der Waals surface area contributed by atoms with Crippen LogP contribution in [-0.4, -0.2) is 74.6 Å². The van der Waals surface area contributed by atoms with Crippen LogP contribution in [0.25, 0.3) is 0 Å². The first-order valence-electron chi connectivity index (χ1n) is 7.99. The third kappa shape index (κ3) is 4.15. The normalized spacial score (nSPS) is 19.0. The summed E-state index contributed by atoms with van der Waals surface area (Å²) in [5, 5.41) is 9.00. The Labute approximate surface area is 143 Å². The number of aromatic amines is 1. The van der Waals surface area contributed by atoms with E-state index in [0.29, 0.717) is 25.2 Å². The predicted octanol–water partition coefficient (Wildman–Crippen LogP) is -2.78. The van der Waals surface area contributed by atoms with Crippen molar-refractivity contribution in [3.05, 3.63) is 32.6 Å². The van der Waals surface area contributed by atoms with Gasteiger partial charge in [0.15, 0.2) is 0 Å². The number of amides is 2. The maximum absolute atomic E-state index is 12.4. The lowest BCUT2D eigenvalue weighted by Crippen LogP contribution is -2.59. The molecule has 0 radical (unpaired) electrons. The molecule has 10 nitrogen and oxygen atoms in total. The number of carbonyl (C=O) groups is 2. The van der Waals surface area contributed by atoms with E-state index in [1.165, 1.54) is 6.20 Å². The summed E-state index contributed by atoms with van der Waals surface area (Å²) in [5.41, 5.74) is 4.79. The monoisotopic (exact) mass is 353 g/mol. The van der Waals surface area contributed by atoms with Crippen LogP contribution in [0.4, 0.5) is 0 Å². The van der Waals surface area contributed by atoms with Crippen LogP contribution in [0.15, 0.2) is 15.8 Å². The molecule has 4 N–H and O–H groups in total. The Bertz CT molecular complexity index is 770. The topological polar surface area (TPSA) is 142 Å². The highest BCUT2D eigenvalue weighted by atomic mass is 16.3. The zero-order valence-corrected chi connectivity index (χ0v) is 14.3. The summed E-state index contributed by atoms with van der Waals surface area (Å²) in [7, 11) is 0. The molecule has 138 valence electrons. The number of nitrogens with two attached hydrogens (primary N) is 1. The second-order valence-electron chi connectivity index (χ2n) is 6.21. The molecule has 1 aliphatic heterocycles. The summed E-state index contributed by atoms with van der Waals surface area (Å²) in [5.74, 6) is -0.631. The molecule has 0 unspecified atom stereocenters. The molecule has 0 saturated carbocycles. The predicted molar refractivity (Wildman–Crippen MR) is 88.9 cm³/mol. The van der Waals surface area contributed by atoms with Crippen LogP contribution in [0.1, 0.15) is 12.5 Å². The highest BCUT2D eigenvalue weighted by Crippen LogP contribution is 2.11. The molecule has 2 amide bonds. The van der Waals surface area contributed by atoms with Gasteiger partial charge in [-0.05, 0) is 13.8 Å². The number of nitrogens with zero attached hydrogens (tertiary/aromatic N) is 3. The molecule has 0 aliphatic carbocycles. The summed E-state index contributed by atoms with van der Waals surface area (Å²) < 4.78 is 1.16. The van der Waals surface area contributed by atoms with Crippen molar-refractivity contribution in [1.29, 1.82) is 0 Å². The van der Waals surface area contributed by atoms with Gasteiger partial charge in [-0.25, -0.2) is 4.79 Å². The average molecular weight is 353 g/mol. The molecule has 2 rings (SSSR count). The van der Waals surface area contributed by atoms with Crippen LogP contribution < -0.4 is 17.0 Å². The van der Waals surface area contributed by atoms with E-state index in [1.54, 1.807) is 23.6 Å². The van der Waals surface area contributed by atoms with E-state index in [9.17, 15) is 19.2 Å². The molecule has 1 fully saturated rings. The lowest BCUT2D eigenvalue weighted by molar-refractivity contribution is -0.144. The summed E-state index contributed by atoms with van der Waals surface area (Å²) in [4.78, 5) is 52.9. The molecule has 0 aromatic carbocycles. The van der Waals surface area contributed by atoms with Gasteiger partial charge >= 0.3 is 5.69 Å². The fourth-order valence-corrected chi connectivity index (χ4v) is 2.78. The summed E-state index contributed by atoms with van der Waals surface area (Å²) >= 11 is 0. The highest BCUT2D eigenvalue weighted by molar-refractivity contribution is 5.82. The van der Waals surface area contributed by atoms with E-state index in [0.717, 1.165) is 4.57 Å². The zero-order valence-electron chi connectivity index (χ0n) is 14.3. The van der Waals surface area contributed by atoms with Gasteiger partial charge in [-0.15, -0.1) is 0 Å². The molecular formula is C15H23N5O5. The number of rotatable bonds is 4. The number of aliphatic hydroxyl groups excluding tert-OH is 1. The van der Waals surface area contributed by atoms with Crippen LogP contribution >= 0.6 is 0 Å². The van der Waals surface area contributed by atoms with Gasteiger partial charge in [0.05, 0.1) is 6.61 Å². The Hall–Kier alpha value is -2.46. The quantitative estimate of drug-likeness (QED) is 0.535. The number of aromatic nitrogens is 2. The van der Waals surface area contributed by atoms with Crippen molar-refractivity contribution >= 4 is 11.8 Å². The minimum absolute atomic E-state index is 0.187. The van der Waals surface area contributed by atoms with E-state index in [1.807, 2.05) is 0 Å². The number of H-pyrrole nitrogens is 1. The van der Waals surface area contributed by atoms with Gasteiger partial charge in [0.25, 0.3) is 5.56 Å².